The Hall–Kier alpha value is -6.18. The van der Waals surface area contributed by atoms with Crippen LogP contribution >= 0.6 is 0 Å². The lowest BCUT2D eigenvalue weighted by Gasteiger charge is -2.21. The Kier molecular flexibility index (Phi) is 4.61. The molecule has 0 amide bonds. The van der Waals surface area contributed by atoms with Gasteiger partial charge < -0.3 is 4.42 Å². The summed E-state index contributed by atoms with van der Waals surface area (Å²) >= 11 is 0. The maximum Gasteiger partial charge on any atom is 0.140 e. The van der Waals surface area contributed by atoms with Crippen molar-refractivity contribution in [2.24, 2.45) is 0 Å². The Bertz CT molecular complexity index is 3250. The van der Waals surface area contributed by atoms with Crippen LogP contribution in [0.2, 0.25) is 0 Å². The van der Waals surface area contributed by atoms with Crippen LogP contribution in [-0.2, 0) is 5.41 Å². The van der Waals surface area contributed by atoms with E-state index < -0.39 is 0 Å². The van der Waals surface area contributed by atoms with Crippen LogP contribution in [0.4, 0.5) is 0 Å². The van der Waals surface area contributed by atoms with Gasteiger partial charge in [0, 0.05) is 21.8 Å². The van der Waals surface area contributed by atoms with Crippen LogP contribution in [0.5, 0.6) is 0 Å². The second-order valence-electron chi connectivity index (χ2n) is 14.1. The van der Waals surface area contributed by atoms with Crippen LogP contribution in [-0.4, -0.2) is 0 Å². The highest BCUT2D eigenvalue weighted by molar-refractivity contribution is 6.27. The quantitative estimate of drug-likeness (QED) is 0.175. The predicted molar refractivity (Wildman–Crippen MR) is 211 cm³/mol. The zero-order valence-electron chi connectivity index (χ0n) is 32.5. The minimum atomic E-state index is -0.387. The summed E-state index contributed by atoms with van der Waals surface area (Å²) in [6, 6.07) is 43.6. The molecule has 0 fully saturated rings. The molecule has 0 N–H and O–H groups in total. The molecule has 0 saturated heterocycles. The van der Waals surface area contributed by atoms with E-state index in [9.17, 15) is 0 Å². The number of furan rings is 1. The average Bonchev–Trinajstić information content (AvgIpc) is 3.70. The van der Waals surface area contributed by atoms with E-state index in [4.69, 9.17) is 11.3 Å². The van der Waals surface area contributed by atoms with Crippen LogP contribution < -0.4 is 0 Å². The zero-order chi connectivity index (χ0) is 37.5. The summed E-state index contributed by atoms with van der Waals surface area (Å²) in [6.07, 6.45) is 0. The molecule has 0 aliphatic heterocycles. The van der Waals surface area contributed by atoms with Gasteiger partial charge in [-0.25, -0.2) is 0 Å². The maximum absolute atomic E-state index is 8.69. The van der Waals surface area contributed by atoms with Crippen LogP contribution in [0.25, 0.3) is 98.8 Å². The summed E-state index contributed by atoms with van der Waals surface area (Å²) in [7, 11) is 0. The number of hydrogen-bond acceptors (Lipinski definition) is 1. The van der Waals surface area contributed by atoms with Crippen molar-refractivity contribution in [1.29, 1.82) is 0 Å². The van der Waals surface area contributed by atoms with Crippen LogP contribution in [0.3, 0.4) is 0 Å². The average molecular weight is 642 g/mol. The molecular formula is C49H32O. The van der Waals surface area contributed by atoms with Gasteiger partial charge in [0.25, 0.3) is 0 Å². The van der Waals surface area contributed by atoms with Gasteiger partial charge in [0.15, 0.2) is 0 Å². The molecule has 1 aliphatic rings. The largest absolute Gasteiger partial charge is 0.456 e. The molecule has 0 atom stereocenters. The molecule has 0 saturated carbocycles. The zero-order valence-corrected chi connectivity index (χ0v) is 27.5. The molecule has 1 heteroatoms. The Morgan fingerprint density at radius 2 is 1.08 bits per heavy atom. The minimum Gasteiger partial charge on any atom is -0.456 e. The first-order valence-electron chi connectivity index (χ1n) is 19.6. The van der Waals surface area contributed by atoms with Crippen molar-refractivity contribution in [3.8, 4) is 44.5 Å². The summed E-state index contributed by atoms with van der Waals surface area (Å²) < 4.78 is 48.6. The van der Waals surface area contributed by atoms with Crippen molar-refractivity contribution in [1.82, 2.24) is 0 Å². The number of para-hydroxylation sites is 1. The first-order chi connectivity index (χ1) is 26.6. The van der Waals surface area contributed by atoms with Gasteiger partial charge in [0.1, 0.15) is 11.2 Å². The summed E-state index contributed by atoms with van der Waals surface area (Å²) in [6.45, 7) is 4.59. The molecule has 1 heterocycles. The molecule has 50 heavy (non-hydrogen) atoms. The monoisotopic (exact) mass is 641 g/mol. The van der Waals surface area contributed by atoms with Crippen LogP contribution in [0.1, 0.15) is 31.8 Å². The fraction of sp³-hybridized carbons (Fsp3) is 0.0612. The second-order valence-corrected chi connectivity index (χ2v) is 14.1. The van der Waals surface area contributed by atoms with Crippen molar-refractivity contribution in [2.75, 3.05) is 0 Å². The Balaban J connectivity index is 1.02. The molecular weight excluding hydrogens is 605 g/mol. The highest BCUT2D eigenvalue weighted by Crippen LogP contribution is 2.53. The lowest BCUT2D eigenvalue weighted by Crippen LogP contribution is -2.15. The molecule has 234 valence electrons. The fourth-order valence-electron chi connectivity index (χ4n) is 8.76. The number of benzene rings is 9. The summed E-state index contributed by atoms with van der Waals surface area (Å²) in [4.78, 5) is 0. The van der Waals surface area contributed by atoms with E-state index >= 15 is 0 Å². The first kappa shape index (κ1) is 23.2. The predicted octanol–water partition coefficient (Wildman–Crippen LogP) is 13.8. The smallest absolute Gasteiger partial charge is 0.140 e. The van der Waals surface area contributed by atoms with E-state index in [1.165, 1.54) is 22.3 Å². The Morgan fingerprint density at radius 3 is 1.82 bits per heavy atom. The third kappa shape index (κ3) is 3.72. The van der Waals surface area contributed by atoms with Gasteiger partial charge in [0.05, 0.1) is 6.85 Å². The van der Waals surface area contributed by atoms with E-state index in [2.05, 4.69) is 111 Å². The van der Waals surface area contributed by atoms with Gasteiger partial charge in [-0.2, -0.15) is 0 Å². The molecule has 0 radical (unpaired) electrons. The number of fused-ring (bicyclic) bond motifs is 7. The summed E-state index contributed by atoms with van der Waals surface area (Å²) in [5.74, 6) is 0. The summed E-state index contributed by atoms with van der Waals surface area (Å²) in [5, 5.41) is 8.54. The highest BCUT2D eigenvalue weighted by Gasteiger charge is 2.38. The van der Waals surface area contributed by atoms with Crippen molar-refractivity contribution < 1.29 is 11.3 Å². The SMILES string of the molecule is [2H]c1c([2H])c([2H])c(-c2ccc3ccc4c(-c5ccc(-c6ccc7c(c6)-c6ccc8c(oc9ccccc98)c6C7(C)C)cc5)ccc5ccc2c3c54)c([2H])c1[2H]. The van der Waals surface area contributed by atoms with Crippen LogP contribution in [0, 0.1) is 0 Å². The highest BCUT2D eigenvalue weighted by atomic mass is 16.3. The van der Waals surface area contributed by atoms with E-state index in [1.807, 2.05) is 30.3 Å². The number of rotatable bonds is 3. The van der Waals surface area contributed by atoms with Gasteiger partial charge >= 0.3 is 0 Å². The molecule has 0 bridgehead atoms. The van der Waals surface area contributed by atoms with Crippen molar-refractivity contribution in [2.45, 2.75) is 19.3 Å². The molecule has 0 spiro atoms. The lowest BCUT2D eigenvalue weighted by molar-refractivity contribution is 0.620. The minimum absolute atomic E-state index is 0.193. The standard InChI is InChI=1S/C49H32O/c1-49(2)43-27-20-34(28-42(43)40-25-26-41-37-10-6-7-11-44(37)50-48(41)47(40)49)29-12-14-31(15-13-29)36-22-17-33-18-23-38-35(30-8-4-3-5-9-30)21-16-32-19-24-39(36)46(33)45(32)38/h3-28H,1-2H3/i3D,4D,5D,8D,9D. The molecule has 1 aromatic heterocycles. The van der Waals surface area contributed by atoms with Gasteiger partial charge in [-0.15, -0.1) is 0 Å². The summed E-state index contributed by atoms with van der Waals surface area (Å²) in [5.41, 5.74) is 12.1. The Labute approximate surface area is 297 Å². The number of hydrogen-bond donors (Lipinski definition) is 0. The van der Waals surface area contributed by atoms with Gasteiger partial charge in [-0.1, -0.05) is 153 Å². The van der Waals surface area contributed by atoms with Crippen molar-refractivity contribution in [3.05, 3.63) is 169 Å². The molecule has 11 rings (SSSR count). The third-order valence-corrected chi connectivity index (χ3v) is 11.1. The van der Waals surface area contributed by atoms with Gasteiger partial charge in [0.2, 0.25) is 0 Å². The van der Waals surface area contributed by atoms with Crippen molar-refractivity contribution >= 4 is 54.3 Å². The van der Waals surface area contributed by atoms with Gasteiger partial charge in [-0.05, 0) is 101 Å². The topological polar surface area (TPSA) is 13.1 Å². The normalized spacial score (nSPS) is 15.0. The van der Waals surface area contributed by atoms with E-state index in [1.54, 1.807) is 0 Å². The Morgan fingerprint density at radius 1 is 0.480 bits per heavy atom. The van der Waals surface area contributed by atoms with Crippen LogP contribution in [0.15, 0.2) is 162 Å². The lowest BCUT2D eigenvalue weighted by atomic mass is 9.81. The second kappa shape index (κ2) is 9.94. The van der Waals surface area contributed by atoms with Gasteiger partial charge in [-0.3, -0.25) is 0 Å². The maximum atomic E-state index is 8.69. The first-order valence-corrected chi connectivity index (χ1v) is 17.1. The fourth-order valence-corrected chi connectivity index (χ4v) is 8.76. The third-order valence-electron chi connectivity index (χ3n) is 11.1. The molecule has 0 unspecified atom stereocenters. The molecule has 10 aromatic rings. The molecule has 1 nitrogen and oxygen atoms in total. The molecule has 9 aromatic carbocycles. The van der Waals surface area contributed by atoms with Crippen molar-refractivity contribution in [3.63, 3.8) is 0 Å². The molecule has 1 aliphatic carbocycles. The van der Waals surface area contributed by atoms with E-state index in [0.717, 1.165) is 76.5 Å². The van der Waals surface area contributed by atoms with E-state index in [0.29, 0.717) is 5.56 Å². The van der Waals surface area contributed by atoms with E-state index in [-0.39, 0.29) is 41.2 Å².